The summed E-state index contributed by atoms with van der Waals surface area (Å²) in [5.41, 5.74) is -0.342. The lowest BCUT2D eigenvalue weighted by Gasteiger charge is -2.19. The highest BCUT2D eigenvalue weighted by molar-refractivity contribution is 5.69. The number of carbonyl (C=O) groups is 1. The van der Waals surface area contributed by atoms with Crippen LogP contribution in [0.3, 0.4) is 0 Å². The van der Waals surface area contributed by atoms with Gasteiger partial charge in [-0.1, -0.05) is 116 Å². The van der Waals surface area contributed by atoms with Gasteiger partial charge in [-0.3, -0.25) is 4.79 Å². The average molecular weight is 383 g/mol. The van der Waals surface area contributed by atoms with E-state index in [1.54, 1.807) is 0 Å². The van der Waals surface area contributed by atoms with E-state index in [9.17, 15) is 4.79 Å². The summed E-state index contributed by atoms with van der Waals surface area (Å²) in [5.74, 6) is -0.0426. The first-order chi connectivity index (χ1) is 13.0. The molecule has 0 amide bonds. The van der Waals surface area contributed by atoms with E-state index < -0.39 is 0 Å². The molecule has 0 aromatic rings. The van der Waals surface area contributed by atoms with E-state index in [0.717, 1.165) is 12.8 Å². The van der Waals surface area contributed by atoms with Crippen LogP contribution in [-0.2, 0) is 9.53 Å². The number of hydrogen-bond acceptors (Lipinski definition) is 2. The topological polar surface area (TPSA) is 26.3 Å². The van der Waals surface area contributed by atoms with E-state index in [1.165, 1.54) is 103 Å². The van der Waals surface area contributed by atoms with Crippen LogP contribution in [0.4, 0.5) is 0 Å². The van der Waals surface area contributed by atoms with E-state index in [1.807, 2.05) is 20.8 Å². The highest BCUT2D eigenvalue weighted by Gasteiger charge is 2.15. The Morgan fingerprint density at radius 1 is 0.556 bits per heavy atom. The second-order valence-corrected chi connectivity index (χ2v) is 9.35. The molecule has 0 aliphatic rings. The predicted molar refractivity (Wildman–Crippen MR) is 119 cm³/mol. The van der Waals surface area contributed by atoms with Crippen molar-refractivity contribution in [2.45, 2.75) is 155 Å². The SMILES string of the molecule is CCCCCCCCCCCCCCCCCCCCC(=O)OC(C)(C)C. The molecule has 0 rings (SSSR count). The first-order valence-electron chi connectivity index (χ1n) is 12.2. The smallest absolute Gasteiger partial charge is 0.306 e. The third-order valence-electron chi connectivity index (χ3n) is 5.15. The number of unbranched alkanes of at least 4 members (excludes halogenated alkanes) is 17. The van der Waals surface area contributed by atoms with Gasteiger partial charge in [0.25, 0.3) is 0 Å². The fraction of sp³-hybridized carbons (Fsp3) is 0.960. The maximum absolute atomic E-state index is 11.6. The molecule has 2 heteroatoms. The molecule has 0 aromatic heterocycles. The van der Waals surface area contributed by atoms with Crippen molar-refractivity contribution in [1.29, 1.82) is 0 Å². The van der Waals surface area contributed by atoms with Gasteiger partial charge in [-0.05, 0) is 27.2 Å². The Morgan fingerprint density at radius 2 is 0.852 bits per heavy atom. The number of hydrogen-bond donors (Lipinski definition) is 0. The third kappa shape index (κ3) is 23.4. The Bertz CT molecular complexity index is 317. The minimum absolute atomic E-state index is 0.0426. The second-order valence-electron chi connectivity index (χ2n) is 9.35. The van der Waals surface area contributed by atoms with Crippen molar-refractivity contribution in [2.75, 3.05) is 0 Å². The lowest BCUT2D eigenvalue weighted by molar-refractivity contribution is -0.154. The molecule has 162 valence electrons. The van der Waals surface area contributed by atoms with Crippen molar-refractivity contribution in [3.8, 4) is 0 Å². The van der Waals surface area contributed by atoms with E-state index >= 15 is 0 Å². The van der Waals surface area contributed by atoms with E-state index in [0.29, 0.717) is 6.42 Å². The molecule has 0 atom stereocenters. The van der Waals surface area contributed by atoms with Gasteiger partial charge >= 0.3 is 5.97 Å². The zero-order valence-corrected chi connectivity index (χ0v) is 19.3. The fourth-order valence-corrected chi connectivity index (χ4v) is 3.56. The molecule has 0 heterocycles. The Balaban J connectivity index is 3.12. The van der Waals surface area contributed by atoms with Crippen molar-refractivity contribution < 1.29 is 9.53 Å². The Hall–Kier alpha value is -0.530. The maximum Gasteiger partial charge on any atom is 0.306 e. The molecule has 0 unspecified atom stereocenters. The quantitative estimate of drug-likeness (QED) is 0.165. The molecule has 2 nitrogen and oxygen atoms in total. The summed E-state index contributed by atoms with van der Waals surface area (Å²) in [7, 11) is 0. The molecule has 0 aliphatic carbocycles. The van der Waals surface area contributed by atoms with Crippen LogP contribution in [0.15, 0.2) is 0 Å². The van der Waals surface area contributed by atoms with Crippen LogP contribution < -0.4 is 0 Å². The van der Waals surface area contributed by atoms with Gasteiger partial charge in [-0.2, -0.15) is 0 Å². The summed E-state index contributed by atoms with van der Waals surface area (Å²) >= 11 is 0. The van der Waals surface area contributed by atoms with Crippen LogP contribution in [0.2, 0.25) is 0 Å². The third-order valence-corrected chi connectivity index (χ3v) is 5.15. The van der Waals surface area contributed by atoms with Crippen LogP contribution in [0, 0.1) is 0 Å². The van der Waals surface area contributed by atoms with E-state index in [4.69, 9.17) is 4.74 Å². The van der Waals surface area contributed by atoms with Gasteiger partial charge in [0.15, 0.2) is 0 Å². The van der Waals surface area contributed by atoms with Gasteiger partial charge in [0.2, 0.25) is 0 Å². The highest BCUT2D eigenvalue weighted by atomic mass is 16.6. The maximum atomic E-state index is 11.6. The van der Waals surface area contributed by atoms with Crippen molar-refractivity contribution in [3.63, 3.8) is 0 Å². The van der Waals surface area contributed by atoms with E-state index in [-0.39, 0.29) is 11.6 Å². The molecular formula is C25H50O2. The summed E-state index contributed by atoms with van der Waals surface area (Å²) in [5, 5.41) is 0. The molecule has 0 aromatic carbocycles. The summed E-state index contributed by atoms with van der Waals surface area (Å²) < 4.78 is 5.33. The minimum atomic E-state index is -0.342. The van der Waals surface area contributed by atoms with Crippen LogP contribution >= 0.6 is 0 Å². The molecule has 0 saturated carbocycles. The number of esters is 1. The van der Waals surface area contributed by atoms with Gasteiger partial charge in [0.05, 0.1) is 0 Å². The van der Waals surface area contributed by atoms with Crippen LogP contribution in [-0.4, -0.2) is 11.6 Å². The minimum Gasteiger partial charge on any atom is -0.460 e. The zero-order valence-electron chi connectivity index (χ0n) is 19.3. The van der Waals surface area contributed by atoms with Gasteiger partial charge < -0.3 is 4.74 Å². The van der Waals surface area contributed by atoms with Crippen molar-refractivity contribution in [2.24, 2.45) is 0 Å². The molecule has 0 saturated heterocycles. The number of rotatable bonds is 19. The fourth-order valence-electron chi connectivity index (χ4n) is 3.56. The van der Waals surface area contributed by atoms with Gasteiger partial charge in [-0.15, -0.1) is 0 Å². The molecule has 0 aliphatic heterocycles. The first kappa shape index (κ1) is 26.5. The highest BCUT2D eigenvalue weighted by Crippen LogP contribution is 2.15. The predicted octanol–water partition coefficient (Wildman–Crippen LogP) is 8.76. The standard InChI is InChI=1S/C25H50O2/c1-5-6-7-8-9-10-11-12-13-14-15-16-17-18-19-20-21-22-23-24(26)27-25(2,3)4/h5-23H2,1-4H3. The Labute approximate surface area is 171 Å². The largest absolute Gasteiger partial charge is 0.460 e. The summed E-state index contributed by atoms with van der Waals surface area (Å²) in [6.45, 7) is 8.08. The van der Waals surface area contributed by atoms with E-state index in [2.05, 4.69) is 6.92 Å². The van der Waals surface area contributed by atoms with Crippen LogP contribution in [0.5, 0.6) is 0 Å². The van der Waals surface area contributed by atoms with Crippen LogP contribution in [0.25, 0.3) is 0 Å². The molecule has 0 spiro atoms. The second kappa shape index (κ2) is 18.8. The van der Waals surface area contributed by atoms with Crippen LogP contribution in [0.1, 0.15) is 150 Å². The lowest BCUT2D eigenvalue weighted by Crippen LogP contribution is -2.23. The number of ether oxygens (including phenoxy) is 1. The molecule has 0 N–H and O–H groups in total. The Kier molecular flexibility index (Phi) is 18.4. The lowest BCUT2D eigenvalue weighted by atomic mass is 10.0. The van der Waals surface area contributed by atoms with Gasteiger partial charge in [0.1, 0.15) is 5.60 Å². The van der Waals surface area contributed by atoms with Gasteiger partial charge in [-0.25, -0.2) is 0 Å². The van der Waals surface area contributed by atoms with Crippen molar-refractivity contribution in [3.05, 3.63) is 0 Å². The number of carbonyl (C=O) groups excluding carboxylic acids is 1. The molecule has 0 bridgehead atoms. The van der Waals surface area contributed by atoms with Crippen molar-refractivity contribution >= 4 is 5.97 Å². The monoisotopic (exact) mass is 382 g/mol. The summed E-state index contributed by atoms with van der Waals surface area (Å²) in [4.78, 5) is 11.6. The molecule has 0 radical (unpaired) electrons. The average Bonchev–Trinajstić information content (AvgIpc) is 2.59. The van der Waals surface area contributed by atoms with Crippen molar-refractivity contribution in [1.82, 2.24) is 0 Å². The summed E-state index contributed by atoms with van der Waals surface area (Å²) in [6, 6.07) is 0. The zero-order chi connectivity index (χ0) is 20.2. The summed E-state index contributed by atoms with van der Waals surface area (Å²) in [6.07, 6.45) is 25.3. The Morgan fingerprint density at radius 3 is 1.15 bits per heavy atom. The normalized spacial score (nSPS) is 11.7. The molecule has 0 fully saturated rings. The van der Waals surface area contributed by atoms with Gasteiger partial charge in [0, 0.05) is 6.42 Å². The first-order valence-corrected chi connectivity index (χ1v) is 12.2. The molecular weight excluding hydrogens is 332 g/mol. The molecule has 27 heavy (non-hydrogen) atoms.